The average Bonchev–Trinajstić information content (AvgIpc) is 2.34. The van der Waals surface area contributed by atoms with Gasteiger partial charge in [-0.2, -0.15) is 0 Å². The van der Waals surface area contributed by atoms with Gasteiger partial charge in [-0.05, 0) is 24.1 Å². The lowest BCUT2D eigenvalue weighted by Crippen LogP contribution is -2.09. The molecule has 1 aromatic rings. The van der Waals surface area contributed by atoms with Gasteiger partial charge in [0.15, 0.2) is 0 Å². The minimum atomic E-state index is 0.384. The Labute approximate surface area is 103 Å². The third-order valence-electron chi connectivity index (χ3n) is 2.32. The van der Waals surface area contributed by atoms with Gasteiger partial charge in [0.1, 0.15) is 5.75 Å². The van der Waals surface area contributed by atoms with Crippen LogP contribution < -0.4 is 4.74 Å². The van der Waals surface area contributed by atoms with Crippen LogP contribution in [0.3, 0.4) is 0 Å². The molecule has 1 atom stereocenters. The molecule has 0 spiro atoms. The lowest BCUT2D eigenvalue weighted by atomic mass is 10.1. The van der Waals surface area contributed by atoms with Crippen LogP contribution >= 0.6 is 11.6 Å². The summed E-state index contributed by atoms with van der Waals surface area (Å²) in [5.41, 5.74) is 1.26. The van der Waals surface area contributed by atoms with Crippen molar-refractivity contribution in [1.29, 1.82) is 0 Å². The standard InChI is InChI=1S/C13H19ClO2/c1-11(9-14)10-16-13-5-3-12(4-6-13)7-8-15-2/h3-6,11H,7-10H2,1-2H3. The Hall–Kier alpha value is -0.730. The fourth-order valence-electron chi connectivity index (χ4n) is 1.26. The number of hydrogen-bond donors (Lipinski definition) is 0. The molecule has 16 heavy (non-hydrogen) atoms. The summed E-state index contributed by atoms with van der Waals surface area (Å²) >= 11 is 5.71. The van der Waals surface area contributed by atoms with Crippen molar-refractivity contribution >= 4 is 11.6 Å². The van der Waals surface area contributed by atoms with Crippen molar-refractivity contribution in [3.63, 3.8) is 0 Å². The average molecular weight is 243 g/mol. The summed E-state index contributed by atoms with van der Waals surface area (Å²) in [5, 5.41) is 0. The monoisotopic (exact) mass is 242 g/mol. The van der Waals surface area contributed by atoms with E-state index in [9.17, 15) is 0 Å². The molecule has 1 rings (SSSR count). The van der Waals surface area contributed by atoms with E-state index in [2.05, 4.69) is 19.1 Å². The molecule has 3 heteroatoms. The minimum absolute atomic E-state index is 0.384. The molecule has 0 fully saturated rings. The predicted octanol–water partition coefficient (Wildman–Crippen LogP) is 3.13. The molecule has 0 aromatic heterocycles. The summed E-state index contributed by atoms with van der Waals surface area (Å²) in [5.74, 6) is 1.92. The second-order valence-electron chi connectivity index (χ2n) is 3.96. The number of methoxy groups -OCH3 is 1. The van der Waals surface area contributed by atoms with E-state index in [1.807, 2.05) is 12.1 Å². The normalized spacial score (nSPS) is 12.4. The van der Waals surface area contributed by atoms with Crippen LogP contribution in [-0.2, 0) is 11.2 Å². The van der Waals surface area contributed by atoms with Crippen molar-refractivity contribution in [2.24, 2.45) is 5.92 Å². The molecule has 0 saturated heterocycles. The van der Waals surface area contributed by atoms with E-state index in [1.54, 1.807) is 7.11 Å². The van der Waals surface area contributed by atoms with E-state index in [0.29, 0.717) is 18.4 Å². The summed E-state index contributed by atoms with van der Waals surface area (Å²) in [6.45, 7) is 3.49. The van der Waals surface area contributed by atoms with E-state index in [-0.39, 0.29) is 0 Å². The highest BCUT2D eigenvalue weighted by molar-refractivity contribution is 6.18. The smallest absolute Gasteiger partial charge is 0.119 e. The molecular formula is C13H19ClO2. The van der Waals surface area contributed by atoms with Crippen LogP contribution in [0, 0.1) is 5.92 Å². The van der Waals surface area contributed by atoms with Crippen LogP contribution in [0.1, 0.15) is 12.5 Å². The van der Waals surface area contributed by atoms with E-state index in [1.165, 1.54) is 5.56 Å². The van der Waals surface area contributed by atoms with Gasteiger partial charge in [0.25, 0.3) is 0 Å². The van der Waals surface area contributed by atoms with Gasteiger partial charge in [-0.15, -0.1) is 11.6 Å². The number of alkyl halides is 1. The zero-order valence-electron chi connectivity index (χ0n) is 9.91. The van der Waals surface area contributed by atoms with Crippen molar-refractivity contribution in [2.75, 3.05) is 26.2 Å². The largest absolute Gasteiger partial charge is 0.493 e. The Morgan fingerprint density at radius 2 is 1.94 bits per heavy atom. The third kappa shape index (κ3) is 4.86. The molecule has 0 saturated carbocycles. The number of halogens is 1. The summed E-state index contributed by atoms with van der Waals surface area (Å²) in [6.07, 6.45) is 0.939. The molecule has 1 aromatic carbocycles. The van der Waals surface area contributed by atoms with Crippen LogP contribution in [0.4, 0.5) is 0 Å². The fraction of sp³-hybridized carbons (Fsp3) is 0.538. The zero-order chi connectivity index (χ0) is 11.8. The van der Waals surface area contributed by atoms with Crippen LogP contribution in [0.2, 0.25) is 0 Å². The first-order chi connectivity index (χ1) is 7.76. The van der Waals surface area contributed by atoms with Crippen LogP contribution in [0.15, 0.2) is 24.3 Å². The number of benzene rings is 1. The zero-order valence-corrected chi connectivity index (χ0v) is 10.7. The first kappa shape index (κ1) is 13.3. The maximum atomic E-state index is 5.71. The van der Waals surface area contributed by atoms with E-state index in [4.69, 9.17) is 21.1 Å². The minimum Gasteiger partial charge on any atom is -0.493 e. The van der Waals surface area contributed by atoms with E-state index >= 15 is 0 Å². The van der Waals surface area contributed by atoms with E-state index < -0.39 is 0 Å². The SMILES string of the molecule is COCCc1ccc(OCC(C)CCl)cc1. The number of ether oxygens (including phenoxy) is 2. The highest BCUT2D eigenvalue weighted by Gasteiger charge is 2.01. The predicted molar refractivity (Wildman–Crippen MR) is 67.4 cm³/mol. The Morgan fingerprint density at radius 3 is 2.50 bits per heavy atom. The Morgan fingerprint density at radius 1 is 1.25 bits per heavy atom. The fourth-order valence-corrected chi connectivity index (χ4v) is 1.34. The van der Waals surface area contributed by atoms with Crippen LogP contribution in [0.25, 0.3) is 0 Å². The molecule has 0 N–H and O–H groups in total. The molecule has 2 nitrogen and oxygen atoms in total. The van der Waals surface area contributed by atoms with Crippen molar-refractivity contribution in [3.8, 4) is 5.75 Å². The summed E-state index contributed by atoms with van der Waals surface area (Å²) in [4.78, 5) is 0. The molecule has 1 unspecified atom stereocenters. The third-order valence-corrected chi connectivity index (χ3v) is 2.84. The molecule has 0 heterocycles. The Bertz CT molecular complexity index is 284. The van der Waals surface area contributed by atoms with E-state index in [0.717, 1.165) is 18.8 Å². The molecule has 0 radical (unpaired) electrons. The maximum absolute atomic E-state index is 5.71. The second kappa shape index (κ2) is 7.53. The maximum Gasteiger partial charge on any atom is 0.119 e. The highest BCUT2D eigenvalue weighted by atomic mass is 35.5. The van der Waals surface area contributed by atoms with Gasteiger partial charge in [0, 0.05) is 18.9 Å². The van der Waals surface area contributed by atoms with Crippen molar-refractivity contribution < 1.29 is 9.47 Å². The van der Waals surface area contributed by atoms with Crippen molar-refractivity contribution in [3.05, 3.63) is 29.8 Å². The molecule has 0 amide bonds. The first-order valence-electron chi connectivity index (χ1n) is 5.53. The van der Waals surface area contributed by atoms with Gasteiger partial charge in [-0.3, -0.25) is 0 Å². The Balaban J connectivity index is 2.38. The van der Waals surface area contributed by atoms with Gasteiger partial charge in [0.05, 0.1) is 13.2 Å². The Kier molecular flexibility index (Phi) is 6.27. The molecule has 0 aliphatic carbocycles. The van der Waals surface area contributed by atoms with Crippen LogP contribution in [0.5, 0.6) is 5.75 Å². The van der Waals surface area contributed by atoms with Gasteiger partial charge in [0.2, 0.25) is 0 Å². The van der Waals surface area contributed by atoms with Gasteiger partial charge in [-0.25, -0.2) is 0 Å². The number of rotatable bonds is 7. The van der Waals surface area contributed by atoms with Crippen molar-refractivity contribution in [1.82, 2.24) is 0 Å². The molecule has 0 aliphatic heterocycles. The second-order valence-corrected chi connectivity index (χ2v) is 4.27. The molecule has 90 valence electrons. The van der Waals surface area contributed by atoms with Gasteiger partial charge in [-0.1, -0.05) is 19.1 Å². The van der Waals surface area contributed by atoms with Crippen molar-refractivity contribution in [2.45, 2.75) is 13.3 Å². The highest BCUT2D eigenvalue weighted by Crippen LogP contribution is 2.14. The lowest BCUT2D eigenvalue weighted by Gasteiger charge is -2.10. The molecule has 0 bridgehead atoms. The summed E-state index contributed by atoms with van der Waals surface area (Å²) in [7, 11) is 1.71. The summed E-state index contributed by atoms with van der Waals surface area (Å²) in [6, 6.07) is 8.12. The molecule has 0 aliphatic rings. The lowest BCUT2D eigenvalue weighted by molar-refractivity contribution is 0.202. The van der Waals surface area contributed by atoms with Gasteiger partial charge >= 0.3 is 0 Å². The first-order valence-corrected chi connectivity index (χ1v) is 6.06. The number of hydrogen-bond acceptors (Lipinski definition) is 2. The quantitative estimate of drug-likeness (QED) is 0.684. The van der Waals surface area contributed by atoms with Crippen LogP contribution in [-0.4, -0.2) is 26.2 Å². The molecular weight excluding hydrogens is 224 g/mol. The summed E-state index contributed by atoms with van der Waals surface area (Å²) < 4.78 is 10.6. The topological polar surface area (TPSA) is 18.5 Å². The van der Waals surface area contributed by atoms with Gasteiger partial charge < -0.3 is 9.47 Å².